The molecule has 3 aliphatic rings. The number of allylic oxidation sites excluding steroid dienone is 2. The standard InChI is InChI=1S/C28H25NO2/c1-3-18(2)19-12-14-20(15-13-19)21-16-26-28-27(17-21)31-25-11-7-5-9-23(25)29(28)22-8-4-6-10-24(22)30-26/h4-8,10-18,23H,3,9H2,1-2H3. The third kappa shape index (κ3) is 2.88. The molecule has 3 heteroatoms. The summed E-state index contributed by atoms with van der Waals surface area (Å²) >= 11 is 0. The van der Waals surface area contributed by atoms with Crippen molar-refractivity contribution in [3.8, 4) is 28.4 Å². The summed E-state index contributed by atoms with van der Waals surface area (Å²) in [5.74, 6) is 4.15. The maximum absolute atomic E-state index is 6.43. The molecule has 0 saturated heterocycles. The van der Waals surface area contributed by atoms with Crippen LogP contribution in [0.15, 0.2) is 84.7 Å². The minimum Gasteiger partial charge on any atom is -0.457 e. The molecule has 0 bridgehead atoms. The largest absolute Gasteiger partial charge is 0.457 e. The molecule has 0 saturated carbocycles. The average molecular weight is 408 g/mol. The quantitative estimate of drug-likeness (QED) is 0.444. The van der Waals surface area contributed by atoms with Crippen LogP contribution in [-0.2, 0) is 0 Å². The highest BCUT2D eigenvalue weighted by Gasteiger charge is 2.39. The van der Waals surface area contributed by atoms with Crippen LogP contribution in [0.2, 0.25) is 0 Å². The van der Waals surface area contributed by atoms with Gasteiger partial charge in [0.15, 0.2) is 17.2 Å². The van der Waals surface area contributed by atoms with Crippen LogP contribution in [0, 0.1) is 0 Å². The number of hydrogen-bond donors (Lipinski definition) is 0. The lowest BCUT2D eigenvalue weighted by molar-refractivity contribution is 0.348. The van der Waals surface area contributed by atoms with Gasteiger partial charge in [0.25, 0.3) is 0 Å². The van der Waals surface area contributed by atoms with E-state index < -0.39 is 0 Å². The van der Waals surface area contributed by atoms with Crippen LogP contribution >= 0.6 is 0 Å². The average Bonchev–Trinajstić information content (AvgIpc) is 2.83. The first kappa shape index (κ1) is 18.3. The van der Waals surface area contributed by atoms with Crippen molar-refractivity contribution < 1.29 is 9.47 Å². The molecule has 3 nitrogen and oxygen atoms in total. The van der Waals surface area contributed by atoms with Crippen molar-refractivity contribution in [1.82, 2.24) is 0 Å². The summed E-state index contributed by atoms with van der Waals surface area (Å²) in [4.78, 5) is 2.39. The fourth-order valence-electron chi connectivity index (χ4n) is 4.75. The van der Waals surface area contributed by atoms with E-state index in [1.807, 2.05) is 12.1 Å². The van der Waals surface area contributed by atoms with Gasteiger partial charge in [-0.2, -0.15) is 0 Å². The Morgan fingerprint density at radius 1 is 0.935 bits per heavy atom. The lowest BCUT2D eigenvalue weighted by Gasteiger charge is -2.43. The topological polar surface area (TPSA) is 21.7 Å². The molecule has 2 heterocycles. The van der Waals surface area contributed by atoms with Gasteiger partial charge >= 0.3 is 0 Å². The lowest BCUT2D eigenvalue weighted by atomic mass is 9.94. The van der Waals surface area contributed by atoms with Crippen molar-refractivity contribution in [3.63, 3.8) is 0 Å². The molecule has 0 aromatic heterocycles. The highest BCUT2D eigenvalue weighted by molar-refractivity contribution is 5.88. The van der Waals surface area contributed by atoms with Crippen molar-refractivity contribution in [2.24, 2.45) is 0 Å². The maximum atomic E-state index is 6.43. The number of benzene rings is 3. The Morgan fingerprint density at radius 2 is 1.71 bits per heavy atom. The molecule has 2 aliphatic heterocycles. The van der Waals surface area contributed by atoms with E-state index in [9.17, 15) is 0 Å². The van der Waals surface area contributed by atoms with Gasteiger partial charge in [0.2, 0.25) is 0 Å². The van der Waals surface area contributed by atoms with Gasteiger partial charge in [-0.1, -0.05) is 62.4 Å². The van der Waals surface area contributed by atoms with E-state index in [0.29, 0.717) is 5.92 Å². The monoisotopic (exact) mass is 407 g/mol. The summed E-state index contributed by atoms with van der Waals surface area (Å²) < 4.78 is 12.8. The Kier molecular flexibility index (Phi) is 4.17. The summed E-state index contributed by atoms with van der Waals surface area (Å²) in [6, 6.07) is 21.6. The van der Waals surface area contributed by atoms with Crippen LogP contribution in [0.5, 0.6) is 17.2 Å². The Bertz CT molecular complexity index is 1220. The molecule has 3 aromatic rings. The van der Waals surface area contributed by atoms with Gasteiger partial charge in [-0.3, -0.25) is 0 Å². The molecular formula is C28H25NO2. The number of para-hydroxylation sites is 2. The Balaban J connectivity index is 1.50. The second-order valence-electron chi connectivity index (χ2n) is 8.54. The van der Waals surface area contributed by atoms with Crippen LogP contribution < -0.4 is 14.4 Å². The van der Waals surface area contributed by atoms with Crippen LogP contribution in [-0.4, -0.2) is 6.04 Å². The Hall–Kier alpha value is -3.46. The van der Waals surface area contributed by atoms with Gasteiger partial charge in [-0.25, -0.2) is 0 Å². The predicted molar refractivity (Wildman–Crippen MR) is 125 cm³/mol. The maximum Gasteiger partial charge on any atom is 0.155 e. The molecule has 2 unspecified atom stereocenters. The fraction of sp³-hybridized carbons (Fsp3) is 0.214. The first-order chi connectivity index (χ1) is 15.2. The third-order valence-electron chi connectivity index (χ3n) is 6.67. The number of hydrogen-bond acceptors (Lipinski definition) is 3. The minimum absolute atomic E-state index is 0.155. The van der Waals surface area contributed by atoms with Crippen molar-refractivity contribution in [3.05, 3.63) is 90.2 Å². The van der Waals surface area contributed by atoms with Gasteiger partial charge < -0.3 is 14.4 Å². The molecule has 0 spiro atoms. The Labute approximate surface area is 183 Å². The van der Waals surface area contributed by atoms with Crippen molar-refractivity contribution in [2.75, 3.05) is 4.90 Å². The number of rotatable bonds is 3. The van der Waals surface area contributed by atoms with Crippen LogP contribution in [0.1, 0.15) is 38.2 Å². The molecule has 0 radical (unpaired) electrons. The highest BCUT2D eigenvalue weighted by Crippen LogP contribution is 2.57. The normalized spacial score (nSPS) is 18.7. The number of nitrogens with zero attached hydrogens (tertiary/aromatic N) is 1. The molecule has 0 amide bonds. The molecular weight excluding hydrogens is 382 g/mol. The van der Waals surface area contributed by atoms with Gasteiger partial charge in [-0.15, -0.1) is 0 Å². The van der Waals surface area contributed by atoms with Crippen LogP contribution in [0.4, 0.5) is 11.4 Å². The van der Waals surface area contributed by atoms with Gasteiger partial charge in [0, 0.05) is 0 Å². The Morgan fingerprint density at radius 3 is 2.52 bits per heavy atom. The van der Waals surface area contributed by atoms with E-state index in [1.165, 1.54) is 11.1 Å². The first-order valence-corrected chi connectivity index (χ1v) is 11.1. The van der Waals surface area contributed by atoms with Crippen LogP contribution in [0.3, 0.4) is 0 Å². The smallest absolute Gasteiger partial charge is 0.155 e. The zero-order chi connectivity index (χ0) is 20.9. The van der Waals surface area contributed by atoms with E-state index in [0.717, 1.165) is 52.8 Å². The van der Waals surface area contributed by atoms with E-state index in [2.05, 4.69) is 85.5 Å². The zero-order valence-corrected chi connectivity index (χ0v) is 17.8. The van der Waals surface area contributed by atoms with Crippen molar-refractivity contribution >= 4 is 11.4 Å². The molecule has 1 aliphatic carbocycles. The second kappa shape index (κ2) is 7.05. The molecule has 0 N–H and O–H groups in total. The van der Waals surface area contributed by atoms with E-state index >= 15 is 0 Å². The SMILES string of the molecule is CCC(C)c1ccc(-c2cc3c4c(c2)Oc2ccccc2N4C2CC=CC=C2O3)cc1. The highest BCUT2D eigenvalue weighted by atomic mass is 16.5. The van der Waals surface area contributed by atoms with E-state index in [-0.39, 0.29) is 6.04 Å². The molecule has 3 aromatic carbocycles. The molecule has 0 fully saturated rings. The van der Waals surface area contributed by atoms with E-state index in [1.54, 1.807) is 0 Å². The molecule has 154 valence electrons. The number of anilines is 2. The van der Waals surface area contributed by atoms with Crippen molar-refractivity contribution in [2.45, 2.75) is 38.6 Å². The summed E-state index contributed by atoms with van der Waals surface area (Å²) in [6.45, 7) is 4.50. The fourth-order valence-corrected chi connectivity index (χ4v) is 4.75. The number of ether oxygens (including phenoxy) is 2. The summed E-state index contributed by atoms with van der Waals surface area (Å²) in [7, 11) is 0. The molecule has 2 atom stereocenters. The third-order valence-corrected chi connectivity index (χ3v) is 6.67. The minimum atomic E-state index is 0.155. The molecule has 31 heavy (non-hydrogen) atoms. The second-order valence-corrected chi connectivity index (χ2v) is 8.54. The lowest BCUT2D eigenvalue weighted by Crippen LogP contribution is -2.40. The predicted octanol–water partition coefficient (Wildman–Crippen LogP) is 7.72. The first-order valence-electron chi connectivity index (χ1n) is 11.1. The van der Waals surface area contributed by atoms with Gasteiger partial charge in [-0.05, 0) is 65.8 Å². The molecule has 6 rings (SSSR count). The summed E-state index contributed by atoms with van der Waals surface area (Å²) in [5.41, 5.74) is 5.77. The van der Waals surface area contributed by atoms with Crippen molar-refractivity contribution in [1.29, 1.82) is 0 Å². The van der Waals surface area contributed by atoms with Gasteiger partial charge in [0.1, 0.15) is 11.4 Å². The zero-order valence-electron chi connectivity index (χ0n) is 17.8. The van der Waals surface area contributed by atoms with Gasteiger partial charge in [0.05, 0.1) is 11.7 Å². The summed E-state index contributed by atoms with van der Waals surface area (Å²) in [6.07, 6.45) is 8.43. The summed E-state index contributed by atoms with van der Waals surface area (Å²) in [5, 5.41) is 0. The van der Waals surface area contributed by atoms with E-state index in [4.69, 9.17) is 9.47 Å². The van der Waals surface area contributed by atoms with Crippen LogP contribution in [0.25, 0.3) is 11.1 Å². The number of fused-ring (bicyclic) bond motifs is 4.